The molecule has 2 aliphatic heterocycles. The summed E-state index contributed by atoms with van der Waals surface area (Å²) in [7, 11) is 0. The number of amides is 3. The van der Waals surface area contributed by atoms with Gasteiger partial charge in [0.1, 0.15) is 12.9 Å². The largest absolute Gasteiger partial charge is 0.351 e. The van der Waals surface area contributed by atoms with Gasteiger partial charge in [0.25, 0.3) is 11.8 Å². The molecule has 6 rings (SSSR count). The van der Waals surface area contributed by atoms with Crippen LogP contribution >= 0.6 is 11.6 Å². The molecular weight excluding hydrogens is 484 g/mol. The third kappa shape index (κ3) is 3.64. The topological polar surface area (TPSA) is 117 Å². The highest BCUT2D eigenvalue weighted by Gasteiger charge is 2.37. The Bertz CT molecular complexity index is 1480. The van der Waals surface area contributed by atoms with Crippen LogP contribution in [0.3, 0.4) is 0 Å². The molecule has 2 aliphatic rings. The number of fused-ring (bicyclic) bond motifs is 2. The molecule has 11 nitrogen and oxygen atoms in total. The highest BCUT2D eigenvalue weighted by Crippen LogP contribution is 2.25. The molecule has 0 bridgehead atoms. The lowest BCUT2D eigenvalue weighted by molar-refractivity contribution is -0.131. The number of hydrogen-bond acceptors (Lipinski definition) is 8. The first-order chi connectivity index (χ1) is 17.5. The standard InChI is InChI=1S/C24H19ClN8O3/c25-15-5-7-16(8-6-15)33-22-20(28-29-33)21(26-14-27-22)31-11-9-30(10-12-31)19(34)13-32-23(35)17-3-1-2-4-18(17)24(32)36/h1-8,14H,9-13H2. The molecule has 3 amide bonds. The van der Waals surface area contributed by atoms with E-state index in [4.69, 9.17) is 11.6 Å². The molecule has 12 heteroatoms. The molecule has 1 saturated heterocycles. The van der Waals surface area contributed by atoms with E-state index in [0.717, 1.165) is 10.6 Å². The fraction of sp³-hybridized carbons (Fsp3) is 0.208. The maximum atomic E-state index is 12.9. The van der Waals surface area contributed by atoms with Gasteiger partial charge in [0.05, 0.1) is 16.8 Å². The SMILES string of the molecule is O=C(CN1C(=O)c2ccccc2C1=O)N1CCN(c2ncnc3c2nnn3-c2ccc(Cl)cc2)CC1. The number of imide groups is 1. The zero-order valence-electron chi connectivity index (χ0n) is 18.9. The van der Waals surface area contributed by atoms with Crippen LogP contribution in [0.2, 0.25) is 5.02 Å². The number of halogens is 1. The van der Waals surface area contributed by atoms with Crippen molar-refractivity contribution in [2.75, 3.05) is 37.6 Å². The minimum absolute atomic E-state index is 0.273. The highest BCUT2D eigenvalue weighted by atomic mass is 35.5. The van der Waals surface area contributed by atoms with E-state index in [1.807, 2.05) is 17.0 Å². The van der Waals surface area contributed by atoms with E-state index >= 15 is 0 Å². The van der Waals surface area contributed by atoms with Crippen molar-refractivity contribution in [3.8, 4) is 5.69 Å². The quantitative estimate of drug-likeness (QED) is 0.388. The van der Waals surface area contributed by atoms with Gasteiger partial charge in [-0.15, -0.1) is 5.10 Å². The van der Waals surface area contributed by atoms with Crippen molar-refractivity contribution in [2.24, 2.45) is 0 Å². The number of rotatable bonds is 4. The number of piperazine rings is 1. The Hall–Kier alpha value is -4.38. The highest BCUT2D eigenvalue weighted by molar-refractivity contribution is 6.30. The molecule has 36 heavy (non-hydrogen) atoms. The molecule has 0 aliphatic carbocycles. The second kappa shape index (κ2) is 8.68. The van der Waals surface area contributed by atoms with Gasteiger partial charge in [-0.1, -0.05) is 28.9 Å². The number of carbonyl (C=O) groups excluding carboxylic acids is 3. The molecule has 0 N–H and O–H groups in total. The van der Waals surface area contributed by atoms with Crippen LogP contribution in [0.25, 0.3) is 16.9 Å². The molecule has 0 saturated carbocycles. The summed E-state index contributed by atoms with van der Waals surface area (Å²) in [6.45, 7) is 1.57. The molecule has 0 unspecified atom stereocenters. The summed E-state index contributed by atoms with van der Waals surface area (Å²) in [5, 5.41) is 9.17. The third-order valence-electron chi connectivity index (χ3n) is 6.39. The first kappa shape index (κ1) is 22.1. The Morgan fingerprint density at radius 2 is 1.56 bits per heavy atom. The second-order valence-electron chi connectivity index (χ2n) is 8.46. The van der Waals surface area contributed by atoms with Crippen LogP contribution in [0.5, 0.6) is 0 Å². The van der Waals surface area contributed by atoms with Gasteiger partial charge in [0, 0.05) is 31.2 Å². The van der Waals surface area contributed by atoms with Crippen molar-refractivity contribution in [3.05, 3.63) is 71.0 Å². The van der Waals surface area contributed by atoms with Crippen molar-refractivity contribution >= 4 is 46.3 Å². The van der Waals surface area contributed by atoms with Crippen molar-refractivity contribution in [3.63, 3.8) is 0 Å². The first-order valence-corrected chi connectivity index (χ1v) is 11.7. The van der Waals surface area contributed by atoms with Crippen molar-refractivity contribution in [1.29, 1.82) is 0 Å². The number of aromatic nitrogens is 5. The van der Waals surface area contributed by atoms with Gasteiger partial charge in [0.2, 0.25) is 5.91 Å². The van der Waals surface area contributed by atoms with Gasteiger partial charge in [-0.05, 0) is 36.4 Å². The lowest BCUT2D eigenvalue weighted by atomic mass is 10.1. The average molecular weight is 503 g/mol. The summed E-state index contributed by atoms with van der Waals surface area (Å²) in [4.78, 5) is 51.6. The number of benzene rings is 2. The lowest BCUT2D eigenvalue weighted by Crippen LogP contribution is -2.52. The van der Waals surface area contributed by atoms with Crippen LogP contribution in [-0.2, 0) is 4.79 Å². The summed E-state index contributed by atoms with van der Waals surface area (Å²) in [6, 6.07) is 13.8. The predicted molar refractivity (Wildman–Crippen MR) is 130 cm³/mol. The fourth-order valence-corrected chi connectivity index (χ4v) is 4.64. The average Bonchev–Trinajstić information content (AvgIpc) is 3.45. The molecular formula is C24H19ClN8O3. The van der Waals surface area contributed by atoms with Crippen LogP contribution in [0.15, 0.2) is 54.9 Å². The van der Waals surface area contributed by atoms with E-state index < -0.39 is 11.8 Å². The Balaban J connectivity index is 1.15. The molecule has 0 atom stereocenters. The predicted octanol–water partition coefficient (Wildman–Crippen LogP) is 1.81. The van der Waals surface area contributed by atoms with Gasteiger partial charge >= 0.3 is 0 Å². The van der Waals surface area contributed by atoms with Gasteiger partial charge in [-0.25, -0.2) is 9.97 Å². The van der Waals surface area contributed by atoms with E-state index in [9.17, 15) is 14.4 Å². The van der Waals surface area contributed by atoms with E-state index in [2.05, 4.69) is 20.3 Å². The number of nitrogens with zero attached hydrogens (tertiary/aromatic N) is 8. The molecule has 2 aromatic heterocycles. The van der Waals surface area contributed by atoms with Crippen LogP contribution in [0.1, 0.15) is 20.7 Å². The van der Waals surface area contributed by atoms with E-state index in [1.165, 1.54) is 6.33 Å². The number of hydrogen-bond donors (Lipinski definition) is 0. The zero-order valence-corrected chi connectivity index (χ0v) is 19.7. The van der Waals surface area contributed by atoms with Gasteiger partial charge in [-0.3, -0.25) is 19.3 Å². The molecule has 180 valence electrons. The minimum Gasteiger partial charge on any atom is -0.351 e. The van der Waals surface area contributed by atoms with E-state index in [0.29, 0.717) is 59.3 Å². The molecule has 0 spiro atoms. The maximum Gasteiger partial charge on any atom is 0.262 e. The van der Waals surface area contributed by atoms with Crippen molar-refractivity contribution in [1.82, 2.24) is 34.8 Å². The summed E-state index contributed by atoms with van der Waals surface area (Å²) in [6.07, 6.45) is 1.47. The zero-order chi connectivity index (χ0) is 24.8. The Kier molecular flexibility index (Phi) is 5.33. The van der Waals surface area contributed by atoms with Gasteiger partial charge in [0.15, 0.2) is 17.0 Å². The molecule has 4 aromatic rings. The normalized spacial score (nSPS) is 15.6. The molecule has 2 aromatic carbocycles. The summed E-state index contributed by atoms with van der Waals surface area (Å²) < 4.78 is 1.62. The summed E-state index contributed by atoms with van der Waals surface area (Å²) in [5.74, 6) is -0.511. The third-order valence-corrected chi connectivity index (χ3v) is 6.65. The van der Waals surface area contributed by atoms with E-state index in [-0.39, 0.29) is 12.5 Å². The number of anilines is 1. The second-order valence-corrected chi connectivity index (χ2v) is 8.89. The van der Waals surface area contributed by atoms with Crippen LogP contribution in [0, 0.1) is 0 Å². The molecule has 0 radical (unpaired) electrons. The Labute approximate surface area is 209 Å². The molecule has 1 fully saturated rings. The van der Waals surface area contributed by atoms with Crippen LogP contribution < -0.4 is 4.90 Å². The first-order valence-electron chi connectivity index (χ1n) is 11.3. The van der Waals surface area contributed by atoms with E-state index in [1.54, 1.807) is 46.0 Å². The van der Waals surface area contributed by atoms with Crippen molar-refractivity contribution < 1.29 is 14.4 Å². The number of carbonyl (C=O) groups is 3. The monoisotopic (exact) mass is 502 g/mol. The van der Waals surface area contributed by atoms with Crippen LogP contribution in [0.4, 0.5) is 5.82 Å². The Morgan fingerprint density at radius 1 is 0.889 bits per heavy atom. The Morgan fingerprint density at radius 3 is 2.22 bits per heavy atom. The smallest absolute Gasteiger partial charge is 0.262 e. The molecule has 4 heterocycles. The lowest BCUT2D eigenvalue weighted by Gasteiger charge is -2.35. The maximum absolute atomic E-state index is 12.9. The van der Waals surface area contributed by atoms with Crippen molar-refractivity contribution in [2.45, 2.75) is 0 Å². The summed E-state index contributed by atoms with van der Waals surface area (Å²) in [5.41, 5.74) is 2.55. The van der Waals surface area contributed by atoms with Crippen LogP contribution in [-0.4, -0.2) is 85.2 Å². The fourth-order valence-electron chi connectivity index (χ4n) is 4.51. The summed E-state index contributed by atoms with van der Waals surface area (Å²) >= 11 is 5.99. The minimum atomic E-state index is -0.435. The van der Waals surface area contributed by atoms with Gasteiger partial charge in [-0.2, -0.15) is 4.68 Å². The van der Waals surface area contributed by atoms with Gasteiger partial charge < -0.3 is 9.80 Å².